The zero-order valence-electron chi connectivity index (χ0n) is 10.8. The average Bonchev–Trinajstić information content (AvgIpc) is 2.82. The van der Waals surface area contributed by atoms with E-state index in [1.807, 2.05) is 24.3 Å². The first kappa shape index (κ1) is 13.5. The SMILES string of the molecule is CCc1ccccc1NC(=O)CSc1nnnn1C. The molecule has 19 heavy (non-hydrogen) atoms. The molecule has 0 aliphatic heterocycles. The van der Waals surface area contributed by atoms with Gasteiger partial charge in [0, 0.05) is 12.7 Å². The van der Waals surface area contributed by atoms with Crippen LogP contribution in [0.15, 0.2) is 29.4 Å². The molecule has 1 aromatic carbocycles. The minimum absolute atomic E-state index is 0.0612. The van der Waals surface area contributed by atoms with Crippen LogP contribution in [0.2, 0.25) is 0 Å². The molecular formula is C12H15N5OS. The zero-order chi connectivity index (χ0) is 13.7. The maximum Gasteiger partial charge on any atom is 0.234 e. The number of para-hydroxylation sites is 1. The summed E-state index contributed by atoms with van der Waals surface area (Å²) in [7, 11) is 1.74. The summed E-state index contributed by atoms with van der Waals surface area (Å²) < 4.78 is 1.54. The number of anilines is 1. The number of nitrogens with zero attached hydrogens (tertiary/aromatic N) is 4. The number of carbonyl (C=O) groups excluding carboxylic acids is 1. The number of thioether (sulfide) groups is 1. The number of aromatic nitrogens is 4. The van der Waals surface area contributed by atoms with E-state index in [4.69, 9.17) is 0 Å². The standard InChI is InChI=1S/C12H15N5OS/c1-3-9-6-4-5-7-10(9)13-11(18)8-19-12-14-15-16-17(12)2/h4-7H,3,8H2,1-2H3,(H,13,18). The van der Waals surface area contributed by atoms with Gasteiger partial charge in [-0.25, -0.2) is 4.68 Å². The van der Waals surface area contributed by atoms with Gasteiger partial charge in [-0.15, -0.1) is 5.10 Å². The van der Waals surface area contributed by atoms with Gasteiger partial charge in [0.25, 0.3) is 0 Å². The highest BCUT2D eigenvalue weighted by atomic mass is 32.2. The highest BCUT2D eigenvalue weighted by Crippen LogP contribution is 2.17. The van der Waals surface area contributed by atoms with Gasteiger partial charge in [-0.05, 0) is 28.5 Å². The molecule has 100 valence electrons. The third-order valence-electron chi connectivity index (χ3n) is 2.59. The summed E-state index contributed by atoms with van der Waals surface area (Å²) in [5.41, 5.74) is 1.99. The second kappa shape index (κ2) is 6.33. The van der Waals surface area contributed by atoms with Crippen molar-refractivity contribution >= 4 is 23.4 Å². The fourth-order valence-corrected chi connectivity index (χ4v) is 2.26. The summed E-state index contributed by atoms with van der Waals surface area (Å²) in [5.74, 6) is 0.223. The van der Waals surface area contributed by atoms with Crippen LogP contribution in [0.25, 0.3) is 0 Å². The van der Waals surface area contributed by atoms with E-state index in [9.17, 15) is 4.79 Å². The van der Waals surface area contributed by atoms with E-state index in [1.54, 1.807) is 7.05 Å². The van der Waals surface area contributed by atoms with Crippen molar-refractivity contribution in [3.05, 3.63) is 29.8 Å². The van der Waals surface area contributed by atoms with Crippen LogP contribution in [-0.4, -0.2) is 31.9 Å². The first-order valence-corrected chi connectivity index (χ1v) is 6.92. The van der Waals surface area contributed by atoms with Crippen molar-refractivity contribution in [1.29, 1.82) is 0 Å². The molecule has 0 bridgehead atoms. The Morgan fingerprint density at radius 3 is 2.89 bits per heavy atom. The highest BCUT2D eigenvalue weighted by Gasteiger charge is 2.09. The molecule has 6 nitrogen and oxygen atoms in total. The van der Waals surface area contributed by atoms with Crippen LogP contribution in [0.5, 0.6) is 0 Å². The largest absolute Gasteiger partial charge is 0.325 e. The molecule has 0 aliphatic rings. The monoisotopic (exact) mass is 277 g/mol. The van der Waals surface area contributed by atoms with Gasteiger partial charge in [-0.1, -0.05) is 36.9 Å². The lowest BCUT2D eigenvalue weighted by atomic mass is 10.1. The molecular weight excluding hydrogens is 262 g/mol. The smallest absolute Gasteiger partial charge is 0.234 e. The maximum absolute atomic E-state index is 11.9. The Bertz CT molecular complexity index is 569. The Morgan fingerprint density at radius 1 is 1.42 bits per heavy atom. The molecule has 7 heteroatoms. The maximum atomic E-state index is 11.9. The number of hydrogen-bond acceptors (Lipinski definition) is 5. The number of benzene rings is 1. The molecule has 2 rings (SSSR count). The predicted octanol–water partition coefficient (Wildman–Crippen LogP) is 1.50. The van der Waals surface area contributed by atoms with E-state index in [1.165, 1.54) is 16.4 Å². The summed E-state index contributed by atoms with van der Waals surface area (Å²) in [4.78, 5) is 11.9. The zero-order valence-corrected chi connectivity index (χ0v) is 11.6. The third-order valence-corrected chi connectivity index (χ3v) is 3.60. The van der Waals surface area contributed by atoms with Crippen molar-refractivity contribution in [3.8, 4) is 0 Å². The Morgan fingerprint density at radius 2 is 2.21 bits per heavy atom. The summed E-state index contributed by atoms with van der Waals surface area (Å²) in [6, 6.07) is 7.80. The molecule has 2 aromatic rings. The number of rotatable bonds is 5. The molecule has 1 N–H and O–H groups in total. The predicted molar refractivity (Wildman–Crippen MR) is 74.0 cm³/mol. The molecule has 1 heterocycles. The number of aryl methyl sites for hydroxylation is 2. The molecule has 1 amide bonds. The fourth-order valence-electron chi connectivity index (χ4n) is 1.61. The molecule has 0 saturated heterocycles. The molecule has 0 saturated carbocycles. The number of tetrazole rings is 1. The van der Waals surface area contributed by atoms with Gasteiger partial charge in [-0.3, -0.25) is 4.79 Å². The van der Waals surface area contributed by atoms with Crippen LogP contribution in [0.4, 0.5) is 5.69 Å². The molecule has 0 atom stereocenters. The van der Waals surface area contributed by atoms with Crippen LogP contribution in [0.3, 0.4) is 0 Å². The Kier molecular flexibility index (Phi) is 4.51. The number of carbonyl (C=O) groups is 1. The number of hydrogen-bond donors (Lipinski definition) is 1. The van der Waals surface area contributed by atoms with Crippen molar-refractivity contribution < 1.29 is 4.79 Å². The molecule has 0 fully saturated rings. The van der Waals surface area contributed by atoms with Gasteiger partial charge in [0.1, 0.15) is 0 Å². The lowest BCUT2D eigenvalue weighted by Gasteiger charge is -2.08. The van der Waals surface area contributed by atoms with Crippen molar-refractivity contribution in [2.24, 2.45) is 7.05 Å². The van der Waals surface area contributed by atoms with Crippen LogP contribution in [0.1, 0.15) is 12.5 Å². The Balaban J connectivity index is 1.93. The van der Waals surface area contributed by atoms with Crippen LogP contribution < -0.4 is 5.32 Å². The van der Waals surface area contributed by atoms with E-state index in [0.29, 0.717) is 5.16 Å². The van der Waals surface area contributed by atoms with Gasteiger partial charge >= 0.3 is 0 Å². The van der Waals surface area contributed by atoms with E-state index >= 15 is 0 Å². The molecule has 0 aliphatic carbocycles. The lowest BCUT2D eigenvalue weighted by Crippen LogP contribution is -2.15. The molecule has 0 radical (unpaired) electrons. The minimum Gasteiger partial charge on any atom is -0.325 e. The van der Waals surface area contributed by atoms with Crippen LogP contribution in [-0.2, 0) is 18.3 Å². The summed E-state index contributed by atoms with van der Waals surface area (Å²) in [6.07, 6.45) is 0.886. The van der Waals surface area contributed by atoms with Crippen molar-refractivity contribution in [2.45, 2.75) is 18.5 Å². The minimum atomic E-state index is -0.0612. The van der Waals surface area contributed by atoms with E-state index < -0.39 is 0 Å². The summed E-state index contributed by atoms with van der Waals surface area (Å²) >= 11 is 1.31. The second-order valence-corrected chi connectivity index (χ2v) is 4.88. The Labute approximate surface area is 115 Å². The van der Waals surface area contributed by atoms with Crippen molar-refractivity contribution in [3.63, 3.8) is 0 Å². The molecule has 1 aromatic heterocycles. The van der Waals surface area contributed by atoms with Crippen molar-refractivity contribution in [2.75, 3.05) is 11.1 Å². The number of nitrogens with one attached hydrogen (secondary N) is 1. The van der Waals surface area contributed by atoms with E-state index in [2.05, 4.69) is 27.8 Å². The normalized spacial score (nSPS) is 10.4. The third kappa shape index (κ3) is 3.54. The second-order valence-electron chi connectivity index (χ2n) is 3.93. The quantitative estimate of drug-likeness (QED) is 0.839. The van der Waals surface area contributed by atoms with Gasteiger partial charge < -0.3 is 5.32 Å². The average molecular weight is 277 g/mol. The Hall–Kier alpha value is -1.89. The first-order chi connectivity index (χ1) is 9.20. The topological polar surface area (TPSA) is 72.7 Å². The van der Waals surface area contributed by atoms with Crippen LogP contribution >= 0.6 is 11.8 Å². The van der Waals surface area contributed by atoms with Gasteiger partial charge in [0.2, 0.25) is 11.1 Å². The fraction of sp³-hybridized carbons (Fsp3) is 0.333. The molecule has 0 spiro atoms. The summed E-state index contributed by atoms with van der Waals surface area (Å²) in [6.45, 7) is 2.06. The number of amides is 1. The van der Waals surface area contributed by atoms with Crippen molar-refractivity contribution in [1.82, 2.24) is 20.2 Å². The van der Waals surface area contributed by atoms with Gasteiger partial charge in [0.05, 0.1) is 5.75 Å². The first-order valence-electron chi connectivity index (χ1n) is 5.93. The highest BCUT2D eigenvalue weighted by molar-refractivity contribution is 7.99. The lowest BCUT2D eigenvalue weighted by molar-refractivity contribution is -0.113. The van der Waals surface area contributed by atoms with E-state index in [0.717, 1.165) is 17.7 Å². The summed E-state index contributed by atoms with van der Waals surface area (Å²) in [5, 5.41) is 14.6. The van der Waals surface area contributed by atoms with Gasteiger partial charge in [-0.2, -0.15) is 0 Å². The van der Waals surface area contributed by atoms with Crippen LogP contribution in [0, 0.1) is 0 Å². The van der Waals surface area contributed by atoms with Gasteiger partial charge in [0.15, 0.2) is 0 Å². The van der Waals surface area contributed by atoms with E-state index in [-0.39, 0.29) is 11.7 Å². The molecule has 0 unspecified atom stereocenters.